The van der Waals surface area contributed by atoms with E-state index in [0.717, 1.165) is 11.3 Å². The number of hydrazone groups is 1. The van der Waals surface area contributed by atoms with Crippen LogP contribution in [-0.4, -0.2) is 27.7 Å². The highest BCUT2D eigenvalue weighted by molar-refractivity contribution is 5.91. The van der Waals surface area contributed by atoms with Crippen LogP contribution >= 0.6 is 0 Å². The molecule has 2 aliphatic heterocycles. The van der Waals surface area contributed by atoms with E-state index in [1.54, 1.807) is 12.4 Å². The molecule has 3 heterocycles. The molecule has 5 heteroatoms. The molecule has 0 aromatic carbocycles. The SMILES string of the molecule is CC1(C)C=C(N2N=CCCC2=O)c2cccnc2O1. The summed E-state index contributed by atoms with van der Waals surface area (Å²) in [6, 6.07) is 3.72. The van der Waals surface area contributed by atoms with Gasteiger partial charge in [-0.15, -0.1) is 0 Å². The molecule has 0 unspecified atom stereocenters. The average molecular weight is 257 g/mol. The van der Waals surface area contributed by atoms with E-state index in [9.17, 15) is 4.79 Å². The van der Waals surface area contributed by atoms with Gasteiger partial charge >= 0.3 is 0 Å². The van der Waals surface area contributed by atoms with Crippen LogP contribution < -0.4 is 4.74 Å². The second-order valence-corrected chi connectivity index (χ2v) is 5.13. The maximum Gasteiger partial charge on any atom is 0.247 e. The van der Waals surface area contributed by atoms with E-state index < -0.39 is 5.60 Å². The minimum atomic E-state index is -0.510. The number of hydrogen-bond acceptors (Lipinski definition) is 4. The first-order valence-electron chi connectivity index (χ1n) is 6.29. The fourth-order valence-electron chi connectivity index (χ4n) is 2.22. The maximum absolute atomic E-state index is 12.0. The van der Waals surface area contributed by atoms with Gasteiger partial charge in [-0.2, -0.15) is 5.10 Å². The minimum Gasteiger partial charge on any atom is -0.467 e. The van der Waals surface area contributed by atoms with Crippen molar-refractivity contribution in [1.29, 1.82) is 0 Å². The van der Waals surface area contributed by atoms with Crippen molar-refractivity contribution in [2.45, 2.75) is 32.3 Å². The molecule has 19 heavy (non-hydrogen) atoms. The smallest absolute Gasteiger partial charge is 0.247 e. The number of fused-ring (bicyclic) bond motifs is 1. The van der Waals surface area contributed by atoms with Crippen LogP contribution in [0.1, 0.15) is 32.3 Å². The quantitative estimate of drug-likeness (QED) is 0.775. The summed E-state index contributed by atoms with van der Waals surface area (Å²) in [5.41, 5.74) is 1.04. The Hall–Kier alpha value is -2.17. The molecule has 3 rings (SSSR count). The summed E-state index contributed by atoms with van der Waals surface area (Å²) >= 11 is 0. The number of aromatic nitrogens is 1. The van der Waals surface area contributed by atoms with Gasteiger partial charge in [-0.25, -0.2) is 9.99 Å². The van der Waals surface area contributed by atoms with Gasteiger partial charge in [0.15, 0.2) is 0 Å². The Bertz CT molecular complexity index is 590. The van der Waals surface area contributed by atoms with Crippen molar-refractivity contribution >= 4 is 17.8 Å². The zero-order chi connectivity index (χ0) is 13.5. The Labute approximate surface area is 111 Å². The molecule has 0 fully saturated rings. The lowest BCUT2D eigenvalue weighted by Crippen LogP contribution is -2.35. The van der Waals surface area contributed by atoms with E-state index in [0.29, 0.717) is 18.7 Å². The lowest BCUT2D eigenvalue weighted by atomic mass is 10.0. The summed E-state index contributed by atoms with van der Waals surface area (Å²) in [6.07, 6.45) is 6.54. The number of nitrogens with zero attached hydrogens (tertiary/aromatic N) is 3. The van der Waals surface area contributed by atoms with Gasteiger partial charge in [-0.05, 0) is 38.5 Å². The van der Waals surface area contributed by atoms with Gasteiger partial charge in [-0.1, -0.05) is 0 Å². The van der Waals surface area contributed by atoms with Crippen molar-refractivity contribution in [2.75, 3.05) is 0 Å². The van der Waals surface area contributed by atoms with Gasteiger partial charge in [0, 0.05) is 18.8 Å². The molecule has 0 saturated heterocycles. The van der Waals surface area contributed by atoms with E-state index in [1.165, 1.54) is 5.01 Å². The van der Waals surface area contributed by atoms with Gasteiger partial charge in [0.1, 0.15) is 5.60 Å². The normalized spacial score (nSPS) is 20.6. The van der Waals surface area contributed by atoms with E-state index in [1.807, 2.05) is 32.1 Å². The zero-order valence-electron chi connectivity index (χ0n) is 11.0. The zero-order valence-corrected chi connectivity index (χ0v) is 11.0. The molecule has 0 radical (unpaired) electrons. The second kappa shape index (κ2) is 4.19. The predicted octanol–water partition coefficient (Wildman–Crippen LogP) is 2.20. The molecule has 1 aromatic rings. The molecule has 0 saturated carbocycles. The number of pyridine rings is 1. The van der Waals surface area contributed by atoms with Crippen LogP contribution in [0.2, 0.25) is 0 Å². The highest BCUT2D eigenvalue weighted by Gasteiger charge is 2.32. The topological polar surface area (TPSA) is 54.8 Å². The van der Waals surface area contributed by atoms with E-state index >= 15 is 0 Å². The van der Waals surface area contributed by atoms with Crippen molar-refractivity contribution in [3.05, 3.63) is 30.0 Å². The summed E-state index contributed by atoms with van der Waals surface area (Å²) in [5, 5.41) is 5.66. The van der Waals surface area contributed by atoms with Crippen LogP contribution in [-0.2, 0) is 4.79 Å². The van der Waals surface area contributed by atoms with Crippen LogP contribution in [0.15, 0.2) is 29.5 Å². The highest BCUT2D eigenvalue weighted by atomic mass is 16.5. The predicted molar refractivity (Wildman–Crippen MR) is 71.5 cm³/mol. The summed E-state index contributed by atoms with van der Waals surface area (Å²) in [5.74, 6) is 0.542. The summed E-state index contributed by atoms with van der Waals surface area (Å²) < 4.78 is 5.80. The molecule has 0 N–H and O–H groups in total. The molecule has 0 spiro atoms. The number of ether oxygens (including phenoxy) is 1. The number of carbonyl (C=O) groups is 1. The third-order valence-corrected chi connectivity index (χ3v) is 3.04. The van der Waals surface area contributed by atoms with Crippen LogP contribution in [0.3, 0.4) is 0 Å². The maximum atomic E-state index is 12.0. The van der Waals surface area contributed by atoms with Crippen molar-refractivity contribution in [3.63, 3.8) is 0 Å². The summed E-state index contributed by atoms with van der Waals surface area (Å²) in [7, 11) is 0. The number of carbonyl (C=O) groups excluding carboxylic acids is 1. The van der Waals surface area contributed by atoms with Crippen LogP contribution in [0.25, 0.3) is 5.70 Å². The largest absolute Gasteiger partial charge is 0.467 e. The summed E-state index contributed by atoms with van der Waals surface area (Å²) in [6.45, 7) is 3.87. The third-order valence-electron chi connectivity index (χ3n) is 3.04. The van der Waals surface area contributed by atoms with Gasteiger partial charge < -0.3 is 4.74 Å². The average Bonchev–Trinajstić information content (AvgIpc) is 2.37. The lowest BCUT2D eigenvalue weighted by Gasteiger charge is -2.33. The number of hydrogen-bond donors (Lipinski definition) is 0. The first-order valence-corrected chi connectivity index (χ1v) is 6.29. The van der Waals surface area contributed by atoms with E-state index in [4.69, 9.17) is 4.74 Å². The molecule has 1 amide bonds. The molecule has 1 aromatic heterocycles. The number of rotatable bonds is 1. The van der Waals surface area contributed by atoms with Crippen molar-refractivity contribution < 1.29 is 9.53 Å². The van der Waals surface area contributed by atoms with E-state index in [-0.39, 0.29) is 5.91 Å². The Morgan fingerprint density at radius 2 is 2.26 bits per heavy atom. The standard InChI is InChI=1S/C14H15N3O2/c1-14(2)9-11(17-12(18)6-4-8-16-17)10-5-3-7-15-13(10)19-14/h3,5,7-9H,4,6H2,1-2H3. The number of amides is 1. The molecule has 98 valence electrons. The Morgan fingerprint density at radius 3 is 3.05 bits per heavy atom. The summed E-state index contributed by atoms with van der Waals surface area (Å²) in [4.78, 5) is 16.3. The molecule has 0 atom stereocenters. The molecular formula is C14H15N3O2. The lowest BCUT2D eigenvalue weighted by molar-refractivity contribution is -0.128. The van der Waals surface area contributed by atoms with Crippen molar-refractivity contribution in [2.24, 2.45) is 5.10 Å². The van der Waals surface area contributed by atoms with Crippen LogP contribution in [0.4, 0.5) is 0 Å². The van der Waals surface area contributed by atoms with Crippen LogP contribution in [0, 0.1) is 0 Å². The molecule has 0 bridgehead atoms. The van der Waals surface area contributed by atoms with Crippen molar-refractivity contribution in [1.82, 2.24) is 9.99 Å². The van der Waals surface area contributed by atoms with E-state index in [2.05, 4.69) is 10.1 Å². The molecule has 2 aliphatic rings. The van der Waals surface area contributed by atoms with Gasteiger partial charge in [0.05, 0.1) is 11.3 Å². The van der Waals surface area contributed by atoms with Gasteiger partial charge in [0.2, 0.25) is 11.8 Å². The van der Waals surface area contributed by atoms with Gasteiger partial charge in [0.25, 0.3) is 0 Å². The Morgan fingerprint density at radius 1 is 1.42 bits per heavy atom. The minimum absolute atomic E-state index is 0.00116. The Kier molecular flexibility index (Phi) is 2.62. The molecule has 0 aliphatic carbocycles. The highest BCUT2D eigenvalue weighted by Crippen LogP contribution is 2.36. The Balaban J connectivity index is 2.12. The fraction of sp³-hybridized carbons (Fsp3) is 0.357. The third kappa shape index (κ3) is 2.12. The molecule has 5 nitrogen and oxygen atoms in total. The molecular weight excluding hydrogens is 242 g/mol. The van der Waals surface area contributed by atoms with Crippen LogP contribution in [0.5, 0.6) is 5.88 Å². The fourth-order valence-corrected chi connectivity index (χ4v) is 2.22. The first kappa shape index (κ1) is 11.9. The van der Waals surface area contributed by atoms with Gasteiger partial charge in [-0.3, -0.25) is 4.79 Å². The van der Waals surface area contributed by atoms with Crippen molar-refractivity contribution in [3.8, 4) is 5.88 Å². The second-order valence-electron chi connectivity index (χ2n) is 5.13. The first-order chi connectivity index (χ1) is 9.07. The monoisotopic (exact) mass is 257 g/mol.